The number of rotatable bonds is 5. The van der Waals surface area contributed by atoms with Gasteiger partial charge in [0.25, 0.3) is 0 Å². The van der Waals surface area contributed by atoms with Crippen molar-refractivity contribution >= 4 is 21.9 Å². The number of methoxy groups -OCH3 is 2. The Labute approximate surface area is 109 Å². The van der Waals surface area contributed by atoms with Gasteiger partial charge in [0, 0.05) is 7.11 Å². The third kappa shape index (κ3) is 3.68. The Kier molecular flexibility index (Phi) is 5.92. The fourth-order valence-corrected chi connectivity index (χ4v) is 2.31. The number of carbonyl (C=O) groups excluding carboxylic acids is 1. The summed E-state index contributed by atoms with van der Waals surface area (Å²) in [6.07, 6.45) is 4.04. The molecule has 0 spiro atoms. The quantitative estimate of drug-likeness (QED) is 0.425. The monoisotopic (exact) mass is 306 g/mol. The highest BCUT2D eigenvalue weighted by atomic mass is 79.9. The van der Waals surface area contributed by atoms with Crippen molar-refractivity contribution in [3.63, 3.8) is 0 Å². The molecule has 6 heteroatoms. The van der Waals surface area contributed by atoms with E-state index in [1.165, 1.54) is 14.2 Å². The van der Waals surface area contributed by atoms with Crippen molar-refractivity contribution in [3.05, 3.63) is 0 Å². The zero-order valence-electron chi connectivity index (χ0n) is 9.72. The maximum absolute atomic E-state index is 11.2. The van der Waals surface area contributed by atoms with Gasteiger partial charge in [-0.05, 0) is 0 Å². The topological polar surface area (TPSA) is 54.0 Å². The van der Waals surface area contributed by atoms with Crippen LogP contribution in [0.3, 0.4) is 0 Å². The lowest BCUT2D eigenvalue weighted by Gasteiger charge is -2.18. The van der Waals surface area contributed by atoms with Gasteiger partial charge in [-0.1, -0.05) is 21.9 Å². The minimum Gasteiger partial charge on any atom is -0.469 e. The molecule has 0 radical (unpaired) electrons. The van der Waals surface area contributed by atoms with Crippen LogP contribution in [0.4, 0.5) is 0 Å². The number of esters is 1. The van der Waals surface area contributed by atoms with Crippen molar-refractivity contribution in [2.24, 2.45) is 0 Å². The highest BCUT2D eigenvalue weighted by Gasteiger charge is 2.45. The average molecular weight is 307 g/mol. The molecule has 1 rings (SSSR count). The van der Waals surface area contributed by atoms with E-state index in [1.807, 2.05) is 0 Å². The highest BCUT2D eigenvalue weighted by molar-refractivity contribution is 9.09. The number of alkyl halides is 1. The first kappa shape index (κ1) is 14.5. The average Bonchev–Trinajstić information content (AvgIpc) is 2.63. The van der Waals surface area contributed by atoms with Crippen LogP contribution < -0.4 is 0 Å². The maximum Gasteiger partial charge on any atom is 0.308 e. The fraction of sp³-hybridized carbons (Fsp3) is 0.727. The summed E-state index contributed by atoms with van der Waals surface area (Å²) >= 11 is 3.43. The SMILES string of the molecule is C#CCO[C@H]1[C@H](OC)O[C@@H](CC(=O)OC)[C@@H]1Br. The maximum atomic E-state index is 11.2. The normalized spacial score (nSPS) is 32.1. The van der Waals surface area contributed by atoms with E-state index in [1.54, 1.807) is 0 Å². The second kappa shape index (κ2) is 6.97. The first-order chi connectivity index (χ1) is 8.13. The molecule has 1 aliphatic heterocycles. The molecule has 1 fully saturated rings. The third-order valence-electron chi connectivity index (χ3n) is 2.43. The molecule has 4 atom stereocenters. The summed E-state index contributed by atoms with van der Waals surface area (Å²) < 4.78 is 20.7. The van der Waals surface area contributed by atoms with Crippen LogP contribution in [-0.4, -0.2) is 50.1 Å². The molecule has 0 bridgehead atoms. The Morgan fingerprint density at radius 3 is 2.76 bits per heavy atom. The van der Waals surface area contributed by atoms with Crippen LogP contribution in [0.15, 0.2) is 0 Å². The molecule has 17 heavy (non-hydrogen) atoms. The Morgan fingerprint density at radius 2 is 2.24 bits per heavy atom. The Balaban J connectivity index is 2.60. The Hall–Kier alpha value is -0.610. The largest absolute Gasteiger partial charge is 0.469 e. The number of hydrogen-bond donors (Lipinski definition) is 0. The lowest BCUT2D eigenvalue weighted by molar-refractivity contribution is -0.164. The van der Waals surface area contributed by atoms with Crippen LogP contribution in [0.25, 0.3) is 0 Å². The molecule has 1 heterocycles. The minimum absolute atomic E-state index is 0.141. The summed E-state index contributed by atoms with van der Waals surface area (Å²) in [4.78, 5) is 11.0. The summed E-state index contributed by atoms with van der Waals surface area (Å²) in [5.41, 5.74) is 0. The molecule has 0 saturated carbocycles. The first-order valence-electron chi connectivity index (χ1n) is 5.08. The molecule has 1 saturated heterocycles. The molecule has 0 aromatic heterocycles. The zero-order chi connectivity index (χ0) is 12.8. The summed E-state index contributed by atoms with van der Waals surface area (Å²) in [6, 6.07) is 0. The van der Waals surface area contributed by atoms with Crippen LogP contribution in [0.1, 0.15) is 6.42 Å². The molecule has 0 N–H and O–H groups in total. The molecule has 5 nitrogen and oxygen atoms in total. The van der Waals surface area contributed by atoms with E-state index in [-0.39, 0.29) is 36.0 Å². The lowest BCUT2D eigenvalue weighted by Crippen LogP contribution is -2.33. The number of terminal acetylenes is 1. The number of hydrogen-bond acceptors (Lipinski definition) is 5. The molecule has 0 unspecified atom stereocenters. The fourth-order valence-electron chi connectivity index (χ4n) is 1.60. The van der Waals surface area contributed by atoms with Gasteiger partial charge in [0.2, 0.25) is 0 Å². The standard InChI is InChI=1S/C11H15BrO5/c1-4-5-16-10-9(12)7(6-8(13)14-2)17-11(10)15-3/h1,7,9-11H,5-6H2,2-3H3/t7-,9-,10+,11+/m0/s1. The summed E-state index contributed by atoms with van der Waals surface area (Å²) in [7, 11) is 2.85. The van der Waals surface area contributed by atoms with Crippen molar-refractivity contribution in [2.45, 2.75) is 29.7 Å². The number of halogens is 1. The van der Waals surface area contributed by atoms with Gasteiger partial charge < -0.3 is 18.9 Å². The Bertz CT molecular complexity index is 301. The van der Waals surface area contributed by atoms with E-state index in [9.17, 15) is 4.79 Å². The smallest absolute Gasteiger partial charge is 0.308 e. The van der Waals surface area contributed by atoms with Crippen molar-refractivity contribution in [2.75, 3.05) is 20.8 Å². The third-order valence-corrected chi connectivity index (χ3v) is 3.54. The van der Waals surface area contributed by atoms with Crippen molar-refractivity contribution in [1.82, 2.24) is 0 Å². The van der Waals surface area contributed by atoms with Crippen LogP contribution in [-0.2, 0) is 23.7 Å². The van der Waals surface area contributed by atoms with E-state index in [4.69, 9.17) is 20.6 Å². The molecular formula is C11H15BrO5. The molecule has 0 aromatic rings. The molecule has 0 aromatic carbocycles. The van der Waals surface area contributed by atoms with Crippen molar-refractivity contribution < 1.29 is 23.7 Å². The van der Waals surface area contributed by atoms with E-state index >= 15 is 0 Å². The van der Waals surface area contributed by atoms with Crippen LogP contribution >= 0.6 is 15.9 Å². The molecule has 96 valence electrons. The zero-order valence-corrected chi connectivity index (χ0v) is 11.3. The van der Waals surface area contributed by atoms with Crippen molar-refractivity contribution in [1.29, 1.82) is 0 Å². The highest BCUT2D eigenvalue weighted by Crippen LogP contribution is 2.32. The van der Waals surface area contributed by atoms with Gasteiger partial charge in [0.1, 0.15) is 12.7 Å². The Morgan fingerprint density at radius 1 is 1.53 bits per heavy atom. The lowest BCUT2D eigenvalue weighted by atomic mass is 10.1. The second-order valence-electron chi connectivity index (χ2n) is 3.48. The predicted molar refractivity (Wildman–Crippen MR) is 63.6 cm³/mol. The second-order valence-corrected chi connectivity index (χ2v) is 4.54. The van der Waals surface area contributed by atoms with Gasteiger partial charge in [-0.3, -0.25) is 4.79 Å². The van der Waals surface area contributed by atoms with Gasteiger partial charge in [0.15, 0.2) is 6.29 Å². The van der Waals surface area contributed by atoms with Crippen LogP contribution in [0.5, 0.6) is 0 Å². The van der Waals surface area contributed by atoms with E-state index in [0.29, 0.717) is 0 Å². The summed E-state index contributed by atoms with van der Waals surface area (Å²) in [6.45, 7) is 0.168. The van der Waals surface area contributed by atoms with Crippen LogP contribution in [0, 0.1) is 12.3 Å². The van der Waals surface area contributed by atoms with E-state index < -0.39 is 6.29 Å². The summed E-state index contributed by atoms with van der Waals surface area (Å²) in [5.74, 6) is 2.04. The van der Waals surface area contributed by atoms with Crippen molar-refractivity contribution in [3.8, 4) is 12.3 Å². The molecular weight excluding hydrogens is 292 g/mol. The van der Waals surface area contributed by atoms with Gasteiger partial charge in [-0.25, -0.2) is 0 Å². The molecule has 0 amide bonds. The van der Waals surface area contributed by atoms with E-state index in [2.05, 4.69) is 26.6 Å². The van der Waals surface area contributed by atoms with Gasteiger partial charge in [0.05, 0.1) is 24.5 Å². The van der Waals surface area contributed by atoms with Gasteiger partial charge >= 0.3 is 5.97 Å². The number of carbonyl (C=O) groups is 1. The molecule has 1 aliphatic rings. The van der Waals surface area contributed by atoms with Gasteiger partial charge in [-0.15, -0.1) is 6.42 Å². The number of ether oxygens (including phenoxy) is 4. The minimum atomic E-state index is -0.539. The predicted octanol–water partition coefficient (Wildman–Crippen LogP) is 0.703. The first-order valence-corrected chi connectivity index (χ1v) is 5.99. The van der Waals surface area contributed by atoms with Gasteiger partial charge in [-0.2, -0.15) is 0 Å². The molecule has 0 aliphatic carbocycles. The van der Waals surface area contributed by atoms with Crippen LogP contribution in [0.2, 0.25) is 0 Å². The van der Waals surface area contributed by atoms with E-state index in [0.717, 1.165) is 0 Å². The summed E-state index contributed by atoms with van der Waals surface area (Å²) in [5, 5.41) is 0.